The third-order valence-electron chi connectivity index (χ3n) is 2.91. The van der Waals surface area contributed by atoms with Gasteiger partial charge in [-0.15, -0.1) is 11.3 Å². The molecule has 0 aliphatic heterocycles. The zero-order chi connectivity index (χ0) is 15.4. The fraction of sp³-hybridized carbons (Fsp3) is 0.214. The van der Waals surface area contributed by atoms with Crippen molar-refractivity contribution in [2.45, 2.75) is 13.3 Å². The standard InChI is InChI=1S/C14H15N3O3S/c1-9(11-5-6-12(21-11)14(19)20)15-16-13(18)8-10-4-3-7-17(10)2/h3-7H,8H2,1-2H3,(H,16,18)(H,19,20)/b15-9-. The van der Waals surface area contributed by atoms with Crippen molar-refractivity contribution >= 4 is 28.9 Å². The number of nitrogens with zero attached hydrogens (tertiary/aromatic N) is 2. The van der Waals surface area contributed by atoms with E-state index in [4.69, 9.17) is 5.11 Å². The first-order chi connectivity index (χ1) is 9.97. The molecular weight excluding hydrogens is 290 g/mol. The summed E-state index contributed by atoms with van der Waals surface area (Å²) in [6, 6.07) is 6.94. The lowest BCUT2D eigenvalue weighted by Crippen LogP contribution is -2.22. The van der Waals surface area contributed by atoms with Crippen molar-refractivity contribution in [3.63, 3.8) is 0 Å². The zero-order valence-corrected chi connectivity index (χ0v) is 12.5. The number of aryl methyl sites for hydroxylation is 1. The molecule has 2 rings (SSSR count). The second-order valence-electron chi connectivity index (χ2n) is 4.49. The van der Waals surface area contributed by atoms with Gasteiger partial charge in [0.15, 0.2) is 0 Å². The van der Waals surface area contributed by atoms with Gasteiger partial charge in [0.2, 0.25) is 5.91 Å². The van der Waals surface area contributed by atoms with Gasteiger partial charge in [-0.1, -0.05) is 0 Å². The van der Waals surface area contributed by atoms with Gasteiger partial charge in [-0.2, -0.15) is 5.10 Å². The van der Waals surface area contributed by atoms with Crippen LogP contribution in [0.4, 0.5) is 0 Å². The smallest absolute Gasteiger partial charge is 0.345 e. The van der Waals surface area contributed by atoms with Gasteiger partial charge in [-0.05, 0) is 31.2 Å². The minimum atomic E-state index is -0.966. The summed E-state index contributed by atoms with van der Waals surface area (Å²) in [6.45, 7) is 1.72. The van der Waals surface area contributed by atoms with Crippen molar-refractivity contribution in [1.82, 2.24) is 9.99 Å². The number of amides is 1. The number of thiophene rings is 1. The van der Waals surface area contributed by atoms with Crippen LogP contribution in [-0.2, 0) is 18.3 Å². The van der Waals surface area contributed by atoms with E-state index in [1.165, 1.54) is 6.07 Å². The van der Waals surface area contributed by atoms with Crippen LogP contribution in [0.2, 0.25) is 0 Å². The van der Waals surface area contributed by atoms with E-state index in [9.17, 15) is 9.59 Å². The molecule has 0 bridgehead atoms. The molecule has 6 nitrogen and oxygen atoms in total. The van der Waals surface area contributed by atoms with Crippen molar-refractivity contribution < 1.29 is 14.7 Å². The molecule has 0 aromatic carbocycles. The summed E-state index contributed by atoms with van der Waals surface area (Å²) in [7, 11) is 1.87. The average molecular weight is 305 g/mol. The average Bonchev–Trinajstić information content (AvgIpc) is 3.06. The first kappa shape index (κ1) is 15.0. The third-order valence-corrected chi connectivity index (χ3v) is 4.10. The Morgan fingerprint density at radius 3 is 2.62 bits per heavy atom. The molecule has 2 aromatic heterocycles. The first-order valence-corrected chi connectivity index (χ1v) is 7.06. The van der Waals surface area contributed by atoms with Crippen LogP contribution in [0.15, 0.2) is 35.6 Å². The Morgan fingerprint density at radius 1 is 1.33 bits per heavy atom. The van der Waals surface area contributed by atoms with E-state index in [0.717, 1.165) is 17.0 Å². The maximum absolute atomic E-state index is 11.8. The lowest BCUT2D eigenvalue weighted by molar-refractivity contribution is -0.120. The monoisotopic (exact) mass is 305 g/mol. The molecule has 0 spiro atoms. The van der Waals surface area contributed by atoms with Crippen LogP contribution < -0.4 is 5.43 Å². The molecule has 2 N–H and O–H groups in total. The molecule has 0 saturated heterocycles. The van der Waals surface area contributed by atoms with E-state index < -0.39 is 5.97 Å². The Bertz CT molecular complexity index is 700. The fourth-order valence-electron chi connectivity index (χ4n) is 1.73. The molecule has 7 heteroatoms. The normalized spacial score (nSPS) is 11.4. The number of carboxylic acids is 1. The molecule has 0 saturated carbocycles. The first-order valence-electron chi connectivity index (χ1n) is 6.24. The van der Waals surface area contributed by atoms with Gasteiger partial charge in [0, 0.05) is 18.9 Å². The predicted octanol–water partition coefficient (Wildman–Crippen LogP) is 1.87. The van der Waals surface area contributed by atoms with E-state index in [2.05, 4.69) is 10.5 Å². The summed E-state index contributed by atoms with van der Waals surface area (Å²) < 4.78 is 1.87. The summed E-state index contributed by atoms with van der Waals surface area (Å²) in [5.74, 6) is -1.18. The summed E-state index contributed by atoms with van der Waals surface area (Å²) in [4.78, 5) is 23.6. The highest BCUT2D eigenvalue weighted by atomic mass is 32.1. The lowest BCUT2D eigenvalue weighted by Gasteiger charge is -2.03. The Labute approximate surface area is 125 Å². The van der Waals surface area contributed by atoms with Gasteiger partial charge in [0.1, 0.15) is 4.88 Å². The molecule has 0 atom stereocenters. The zero-order valence-electron chi connectivity index (χ0n) is 11.7. The van der Waals surface area contributed by atoms with E-state index in [1.807, 2.05) is 29.9 Å². The maximum Gasteiger partial charge on any atom is 0.345 e. The van der Waals surface area contributed by atoms with Crippen LogP contribution >= 0.6 is 11.3 Å². The molecule has 0 radical (unpaired) electrons. The van der Waals surface area contributed by atoms with E-state index in [0.29, 0.717) is 10.6 Å². The van der Waals surface area contributed by atoms with Crippen LogP contribution in [-0.4, -0.2) is 27.3 Å². The molecule has 0 unspecified atom stereocenters. The topological polar surface area (TPSA) is 83.7 Å². The Morgan fingerprint density at radius 2 is 2.05 bits per heavy atom. The molecule has 2 aromatic rings. The number of aromatic nitrogens is 1. The number of hydrogen-bond donors (Lipinski definition) is 2. The second kappa shape index (κ2) is 6.36. The van der Waals surface area contributed by atoms with Crippen LogP contribution in [0.5, 0.6) is 0 Å². The van der Waals surface area contributed by atoms with Crippen LogP contribution in [0.25, 0.3) is 0 Å². The van der Waals surface area contributed by atoms with Crippen molar-refractivity contribution in [2.75, 3.05) is 0 Å². The highest BCUT2D eigenvalue weighted by Gasteiger charge is 2.09. The van der Waals surface area contributed by atoms with Crippen LogP contribution in [0.3, 0.4) is 0 Å². The summed E-state index contributed by atoms with van der Waals surface area (Å²) in [5.41, 5.74) is 3.95. The van der Waals surface area contributed by atoms with Gasteiger partial charge in [0.25, 0.3) is 0 Å². The van der Waals surface area contributed by atoms with Gasteiger partial charge < -0.3 is 9.67 Å². The molecule has 110 valence electrons. The molecule has 1 amide bonds. The van der Waals surface area contributed by atoms with Gasteiger partial charge in [0.05, 0.1) is 17.0 Å². The molecular formula is C14H15N3O3S. The number of hydrazone groups is 1. The number of nitrogens with one attached hydrogen (secondary N) is 1. The molecule has 0 aliphatic rings. The largest absolute Gasteiger partial charge is 0.477 e. The van der Waals surface area contributed by atoms with Crippen molar-refractivity contribution in [2.24, 2.45) is 12.1 Å². The van der Waals surface area contributed by atoms with Crippen LogP contribution in [0, 0.1) is 0 Å². The van der Waals surface area contributed by atoms with Crippen molar-refractivity contribution in [1.29, 1.82) is 0 Å². The van der Waals surface area contributed by atoms with Gasteiger partial charge in [-0.25, -0.2) is 10.2 Å². The third kappa shape index (κ3) is 3.79. The summed E-state index contributed by atoms with van der Waals surface area (Å²) in [6.07, 6.45) is 2.11. The predicted molar refractivity (Wildman–Crippen MR) is 80.7 cm³/mol. The number of aromatic carboxylic acids is 1. The number of carbonyl (C=O) groups is 2. The van der Waals surface area contributed by atoms with Crippen molar-refractivity contribution in [3.8, 4) is 0 Å². The van der Waals surface area contributed by atoms with E-state index >= 15 is 0 Å². The van der Waals surface area contributed by atoms with E-state index in [1.54, 1.807) is 13.0 Å². The fourth-order valence-corrected chi connectivity index (χ4v) is 2.52. The molecule has 0 aliphatic carbocycles. The second-order valence-corrected chi connectivity index (χ2v) is 5.57. The highest BCUT2D eigenvalue weighted by molar-refractivity contribution is 7.15. The minimum absolute atomic E-state index is 0.217. The molecule has 2 heterocycles. The van der Waals surface area contributed by atoms with E-state index in [-0.39, 0.29) is 17.2 Å². The molecule has 21 heavy (non-hydrogen) atoms. The highest BCUT2D eigenvalue weighted by Crippen LogP contribution is 2.17. The van der Waals surface area contributed by atoms with Crippen LogP contribution in [0.1, 0.15) is 27.2 Å². The number of hydrogen-bond acceptors (Lipinski definition) is 4. The molecule has 0 fully saturated rings. The Kier molecular flexibility index (Phi) is 4.54. The summed E-state index contributed by atoms with van der Waals surface area (Å²) in [5, 5.41) is 12.9. The number of rotatable bonds is 5. The SMILES string of the molecule is C/C(=N/NC(=O)Cc1cccn1C)c1ccc(C(=O)O)s1. The maximum atomic E-state index is 11.8. The van der Waals surface area contributed by atoms with Crippen molar-refractivity contribution in [3.05, 3.63) is 45.9 Å². The Hall–Kier alpha value is -2.41. The Balaban J connectivity index is 1.97. The van der Waals surface area contributed by atoms with Gasteiger partial charge in [-0.3, -0.25) is 4.79 Å². The number of carboxylic acid groups (broad SMARTS) is 1. The number of carbonyl (C=O) groups excluding carboxylic acids is 1. The lowest BCUT2D eigenvalue weighted by atomic mass is 10.3. The minimum Gasteiger partial charge on any atom is -0.477 e. The van der Waals surface area contributed by atoms with Gasteiger partial charge >= 0.3 is 5.97 Å². The summed E-state index contributed by atoms with van der Waals surface area (Å²) >= 11 is 1.12. The quantitative estimate of drug-likeness (QED) is 0.653.